The average Bonchev–Trinajstić information content (AvgIpc) is 3.14. The number of amides is 2. The van der Waals surface area contributed by atoms with Crippen molar-refractivity contribution in [3.63, 3.8) is 0 Å². The van der Waals surface area contributed by atoms with Gasteiger partial charge in [-0.3, -0.25) is 14.9 Å². The van der Waals surface area contributed by atoms with Gasteiger partial charge in [-0.1, -0.05) is 44.2 Å². The first kappa shape index (κ1) is 21.1. The second-order valence-electron chi connectivity index (χ2n) is 7.15. The Morgan fingerprint density at radius 3 is 2.15 bits per heavy atom. The minimum Gasteiger partial charge on any atom is -0.352 e. The molecule has 6 heteroatoms. The number of carbonyl (C=O) groups excluding carboxylic acids is 2. The maximum Gasteiger partial charge on any atom is 0.239 e. The summed E-state index contributed by atoms with van der Waals surface area (Å²) < 4.78 is 0. The molecule has 1 aromatic heterocycles. The first-order chi connectivity index (χ1) is 12.9. The summed E-state index contributed by atoms with van der Waals surface area (Å²) in [6, 6.07) is 12.6. The van der Waals surface area contributed by atoms with Crippen molar-refractivity contribution in [3.05, 3.63) is 57.8 Å². The van der Waals surface area contributed by atoms with Crippen molar-refractivity contribution in [3.8, 4) is 0 Å². The van der Waals surface area contributed by atoms with E-state index in [9.17, 15) is 9.59 Å². The van der Waals surface area contributed by atoms with Crippen LogP contribution in [-0.2, 0) is 9.59 Å². The molecule has 0 aliphatic rings. The molecule has 0 bridgehead atoms. The number of hydrogen-bond acceptors (Lipinski definition) is 4. The van der Waals surface area contributed by atoms with Crippen molar-refractivity contribution in [2.45, 2.75) is 45.7 Å². The molecule has 0 aliphatic heterocycles. The van der Waals surface area contributed by atoms with E-state index in [1.54, 1.807) is 11.3 Å². The van der Waals surface area contributed by atoms with E-state index in [1.165, 1.54) is 5.56 Å². The molecule has 5 nitrogen and oxygen atoms in total. The van der Waals surface area contributed by atoms with Gasteiger partial charge in [0.05, 0.1) is 19.1 Å². The van der Waals surface area contributed by atoms with Gasteiger partial charge in [0.25, 0.3) is 0 Å². The Morgan fingerprint density at radius 1 is 0.926 bits per heavy atom. The smallest absolute Gasteiger partial charge is 0.239 e. The topological polar surface area (TPSA) is 70.2 Å². The van der Waals surface area contributed by atoms with E-state index < -0.39 is 0 Å². The summed E-state index contributed by atoms with van der Waals surface area (Å²) in [5.74, 6) is 0.0988. The summed E-state index contributed by atoms with van der Waals surface area (Å²) in [6.07, 6.45) is 0. The lowest BCUT2D eigenvalue weighted by Gasteiger charge is -2.19. The third kappa shape index (κ3) is 6.81. The third-order valence-corrected chi connectivity index (χ3v) is 5.06. The minimum absolute atomic E-state index is 0.00848. The Kier molecular flexibility index (Phi) is 8.00. The zero-order valence-corrected chi connectivity index (χ0v) is 17.2. The largest absolute Gasteiger partial charge is 0.352 e. The minimum atomic E-state index is -0.200. The molecule has 3 N–H and O–H groups in total. The van der Waals surface area contributed by atoms with Crippen LogP contribution in [0.4, 0.5) is 0 Å². The van der Waals surface area contributed by atoms with E-state index in [0.717, 1.165) is 10.4 Å². The zero-order valence-electron chi connectivity index (χ0n) is 16.4. The van der Waals surface area contributed by atoms with Crippen LogP contribution in [0, 0.1) is 0 Å². The lowest BCUT2D eigenvalue weighted by atomic mass is 9.98. The molecule has 2 rings (SSSR count). The first-order valence-corrected chi connectivity index (χ1v) is 10.2. The maximum atomic E-state index is 12.1. The zero-order chi connectivity index (χ0) is 19.8. The highest BCUT2D eigenvalue weighted by Crippen LogP contribution is 2.27. The summed E-state index contributed by atoms with van der Waals surface area (Å²) in [5, 5.41) is 10.8. The quantitative estimate of drug-likeness (QED) is 0.619. The summed E-state index contributed by atoms with van der Waals surface area (Å²) in [4.78, 5) is 24.9. The number of nitrogens with one attached hydrogen (secondary N) is 3. The number of rotatable bonds is 9. The van der Waals surface area contributed by atoms with E-state index in [-0.39, 0.29) is 37.0 Å². The predicted molar refractivity (Wildman–Crippen MR) is 111 cm³/mol. The molecule has 2 aromatic rings. The van der Waals surface area contributed by atoms with Crippen molar-refractivity contribution in [2.75, 3.05) is 13.1 Å². The third-order valence-electron chi connectivity index (χ3n) is 4.13. The molecule has 0 spiro atoms. The molecular weight excluding hydrogens is 358 g/mol. The standard InChI is InChI=1S/C21H29N3O2S/c1-14(2)16-7-9-17(10-8-16)21(18-6-5-11-27-18)23-12-19(25)22-13-20(26)24-15(3)4/h5-11,14-15,21,23H,12-13H2,1-4H3,(H,22,25)(H,24,26)/t21-/m1/s1. The van der Waals surface area contributed by atoms with E-state index >= 15 is 0 Å². The number of carbonyl (C=O) groups is 2. The highest BCUT2D eigenvalue weighted by atomic mass is 32.1. The average molecular weight is 388 g/mol. The Labute approximate surface area is 165 Å². The first-order valence-electron chi connectivity index (χ1n) is 9.29. The number of hydrogen-bond donors (Lipinski definition) is 3. The number of benzene rings is 1. The van der Waals surface area contributed by atoms with Gasteiger partial charge in [-0.15, -0.1) is 11.3 Å². The van der Waals surface area contributed by atoms with Gasteiger partial charge in [0.15, 0.2) is 0 Å². The second kappa shape index (κ2) is 10.2. The molecule has 1 heterocycles. The molecule has 0 saturated heterocycles. The van der Waals surface area contributed by atoms with Crippen LogP contribution in [0.15, 0.2) is 41.8 Å². The van der Waals surface area contributed by atoms with Crippen LogP contribution in [-0.4, -0.2) is 30.9 Å². The Hall–Kier alpha value is -2.18. The molecule has 0 fully saturated rings. The fraction of sp³-hybridized carbons (Fsp3) is 0.429. The van der Waals surface area contributed by atoms with Crippen LogP contribution in [0.5, 0.6) is 0 Å². The van der Waals surface area contributed by atoms with Crippen molar-refractivity contribution in [1.29, 1.82) is 0 Å². The highest BCUT2D eigenvalue weighted by molar-refractivity contribution is 7.10. The van der Waals surface area contributed by atoms with Gasteiger partial charge in [0, 0.05) is 10.9 Å². The number of thiophene rings is 1. The molecule has 2 amide bonds. The van der Waals surface area contributed by atoms with Crippen molar-refractivity contribution >= 4 is 23.2 Å². The Morgan fingerprint density at radius 2 is 1.59 bits per heavy atom. The van der Waals surface area contributed by atoms with Crippen LogP contribution in [0.1, 0.15) is 55.7 Å². The molecule has 1 atom stereocenters. The van der Waals surface area contributed by atoms with Gasteiger partial charge in [0.2, 0.25) is 11.8 Å². The van der Waals surface area contributed by atoms with Crippen LogP contribution < -0.4 is 16.0 Å². The van der Waals surface area contributed by atoms with Gasteiger partial charge in [-0.2, -0.15) is 0 Å². The van der Waals surface area contributed by atoms with E-state index in [2.05, 4.69) is 60.1 Å². The van der Waals surface area contributed by atoms with Crippen molar-refractivity contribution < 1.29 is 9.59 Å². The van der Waals surface area contributed by atoms with Crippen molar-refractivity contribution in [1.82, 2.24) is 16.0 Å². The SMILES string of the molecule is CC(C)NC(=O)CNC(=O)CN[C@H](c1ccc(C(C)C)cc1)c1cccs1. The highest BCUT2D eigenvalue weighted by Gasteiger charge is 2.17. The fourth-order valence-electron chi connectivity index (χ4n) is 2.72. The monoisotopic (exact) mass is 387 g/mol. The van der Waals surface area contributed by atoms with Gasteiger partial charge < -0.3 is 10.6 Å². The maximum absolute atomic E-state index is 12.1. The van der Waals surface area contributed by atoms with E-state index in [4.69, 9.17) is 0 Å². The fourth-order valence-corrected chi connectivity index (χ4v) is 3.55. The van der Waals surface area contributed by atoms with Crippen LogP contribution >= 0.6 is 11.3 Å². The van der Waals surface area contributed by atoms with Gasteiger partial charge in [0.1, 0.15) is 0 Å². The lowest BCUT2D eigenvalue weighted by molar-refractivity contribution is -0.125. The normalized spacial score (nSPS) is 12.2. The van der Waals surface area contributed by atoms with E-state index in [1.807, 2.05) is 25.3 Å². The van der Waals surface area contributed by atoms with Crippen LogP contribution in [0.25, 0.3) is 0 Å². The molecular formula is C21H29N3O2S. The molecule has 27 heavy (non-hydrogen) atoms. The summed E-state index contributed by atoms with van der Waals surface area (Å²) in [6.45, 7) is 8.25. The second-order valence-corrected chi connectivity index (χ2v) is 8.13. The predicted octanol–water partition coefficient (Wildman–Crippen LogP) is 3.19. The van der Waals surface area contributed by atoms with E-state index in [0.29, 0.717) is 5.92 Å². The molecule has 0 unspecified atom stereocenters. The van der Waals surface area contributed by atoms with Gasteiger partial charge in [-0.25, -0.2) is 0 Å². The summed E-state index contributed by atoms with van der Waals surface area (Å²) in [5.41, 5.74) is 2.41. The lowest BCUT2D eigenvalue weighted by Crippen LogP contribution is -2.43. The van der Waals surface area contributed by atoms with Gasteiger partial charge in [-0.05, 0) is 42.3 Å². The summed E-state index contributed by atoms with van der Waals surface area (Å²) in [7, 11) is 0. The van der Waals surface area contributed by atoms with Gasteiger partial charge >= 0.3 is 0 Å². The Bertz CT molecular complexity index is 724. The Balaban J connectivity index is 1.97. The molecule has 0 radical (unpaired) electrons. The molecule has 0 saturated carbocycles. The molecule has 1 aromatic carbocycles. The van der Waals surface area contributed by atoms with Crippen LogP contribution in [0.2, 0.25) is 0 Å². The molecule has 146 valence electrons. The summed E-state index contributed by atoms with van der Waals surface area (Å²) >= 11 is 1.65. The van der Waals surface area contributed by atoms with Crippen LogP contribution in [0.3, 0.4) is 0 Å². The molecule has 0 aliphatic carbocycles. The van der Waals surface area contributed by atoms with Crippen molar-refractivity contribution in [2.24, 2.45) is 0 Å².